The third-order valence-electron chi connectivity index (χ3n) is 6.08. The quantitative estimate of drug-likeness (QED) is 0.244. The number of amides is 2. The second-order valence-electron chi connectivity index (χ2n) is 8.46. The van der Waals surface area contributed by atoms with Gasteiger partial charge in [-0.1, -0.05) is 50.2 Å². The standard InChI is InChI=1S/C29H30N2O5/c1-4-20(2)22-11-13-24(14-12-22)35-16-17-36-26-15-10-21(19-27(26)34-3)18-25-28(32)30-31(29(25)33)23-8-6-5-7-9-23/h5-15,18-20H,4,16-17H2,1-3H3,(H,30,32)/b25-18+/t20-/m0/s1. The van der Waals surface area contributed by atoms with Crippen molar-refractivity contribution in [3.05, 3.63) is 89.5 Å². The summed E-state index contributed by atoms with van der Waals surface area (Å²) in [4.78, 5) is 25.2. The highest BCUT2D eigenvalue weighted by Gasteiger charge is 2.34. The number of hydrogen-bond acceptors (Lipinski definition) is 5. The van der Waals surface area contributed by atoms with E-state index in [1.807, 2.05) is 18.2 Å². The van der Waals surface area contributed by atoms with Gasteiger partial charge in [0.2, 0.25) is 0 Å². The minimum Gasteiger partial charge on any atom is -0.493 e. The molecule has 1 fully saturated rings. The number of hydrazine groups is 1. The van der Waals surface area contributed by atoms with E-state index in [9.17, 15) is 9.59 Å². The van der Waals surface area contributed by atoms with Crippen molar-refractivity contribution >= 4 is 23.6 Å². The van der Waals surface area contributed by atoms with E-state index in [-0.39, 0.29) is 5.57 Å². The maximum Gasteiger partial charge on any atom is 0.282 e. The molecule has 2 amide bonds. The zero-order valence-electron chi connectivity index (χ0n) is 20.7. The first-order valence-corrected chi connectivity index (χ1v) is 12.0. The van der Waals surface area contributed by atoms with Gasteiger partial charge in [-0.2, -0.15) is 0 Å². The van der Waals surface area contributed by atoms with Crippen LogP contribution in [0.3, 0.4) is 0 Å². The Labute approximate surface area is 211 Å². The largest absolute Gasteiger partial charge is 0.493 e. The van der Waals surface area contributed by atoms with Gasteiger partial charge in [-0.15, -0.1) is 0 Å². The highest BCUT2D eigenvalue weighted by molar-refractivity contribution is 6.31. The number of nitrogens with zero attached hydrogens (tertiary/aromatic N) is 1. The summed E-state index contributed by atoms with van der Waals surface area (Å²) in [6.07, 6.45) is 2.64. The normalized spacial score (nSPS) is 15.1. The first kappa shape index (κ1) is 24.9. The zero-order chi connectivity index (χ0) is 25.5. The molecule has 0 bridgehead atoms. The van der Waals surface area contributed by atoms with Crippen molar-refractivity contribution in [1.29, 1.82) is 0 Å². The van der Waals surface area contributed by atoms with Crippen LogP contribution >= 0.6 is 0 Å². The number of nitrogens with one attached hydrogen (secondary N) is 1. The average molecular weight is 487 g/mol. The lowest BCUT2D eigenvalue weighted by molar-refractivity contribution is -0.117. The fourth-order valence-corrected chi connectivity index (χ4v) is 3.82. The Kier molecular flexibility index (Phi) is 7.90. The van der Waals surface area contributed by atoms with Gasteiger partial charge in [0.1, 0.15) is 24.5 Å². The Balaban J connectivity index is 1.37. The number of benzene rings is 3. The molecule has 1 saturated heterocycles. The van der Waals surface area contributed by atoms with Gasteiger partial charge in [-0.05, 0) is 65.9 Å². The predicted octanol–water partition coefficient (Wildman–Crippen LogP) is 5.13. The van der Waals surface area contributed by atoms with Gasteiger partial charge in [0, 0.05) is 0 Å². The Hall–Kier alpha value is -4.26. The number of anilines is 1. The van der Waals surface area contributed by atoms with Crippen LogP contribution < -0.4 is 24.6 Å². The Morgan fingerprint density at radius 2 is 1.64 bits per heavy atom. The summed E-state index contributed by atoms with van der Waals surface area (Å²) in [7, 11) is 1.54. The van der Waals surface area contributed by atoms with Gasteiger partial charge in [-0.25, -0.2) is 5.01 Å². The van der Waals surface area contributed by atoms with Crippen molar-refractivity contribution in [2.45, 2.75) is 26.2 Å². The molecular weight excluding hydrogens is 456 g/mol. The number of para-hydroxylation sites is 1. The molecule has 1 aliphatic heterocycles. The molecule has 3 aromatic carbocycles. The molecule has 3 aromatic rings. The van der Waals surface area contributed by atoms with E-state index in [0.29, 0.717) is 41.9 Å². The van der Waals surface area contributed by atoms with Crippen molar-refractivity contribution in [3.8, 4) is 17.2 Å². The van der Waals surface area contributed by atoms with E-state index >= 15 is 0 Å². The maximum atomic E-state index is 12.8. The zero-order valence-corrected chi connectivity index (χ0v) is 20.7. The molecule has 36 heavy (non-hydrogen) atoms. The van der Waals surface area contributed by atoms with Crippen LogP contribution in [-0.2, 0) is 9.59 Å². The van der Waals surface area contributed by atoms with Gasteiger partial charge in [0.15, 0.2) is 11.5 Å². The highest BCUT2D eigenvalue weighted by atomic mass is 16.5. The van der Waals surface area contributed by atoms with E-state index < -0.39 is 11.8 Å². The third kappa shape index (κ3) is 5.68. The van der Waals surface area contributed by atoms with Gasteiger partial charge >= 0.3 is 0 Å². The van der Waals surface area contributed by atoms with E-state index in [0.717, 1.165) is 12.2 Å². The topological polar surface area (TPSA) is 77.1 Å². The van der Waals surface area contributed by atoms with Crippen LogP contribution in [0.1, 0.15) is 37.3 Å². The lowest BCUT2D eigenvalue weighted by Gasteiger charge is -2.14. The predicted molar refractivity (Wildman–Crippen MR) is 139 cm³/mol. The molecule has 1 heterocycles. The smallest absolute Gasteiger partial charge is 0.282 e. The summed E-state index contributed by atoms with van der Waals surface area (Å²) in [6, 6.07) is 22.3. The SMILES string of the molecule is CC[C@H](C)c1ccc(OCCOc2ccc(/C=C3\C(=O)NN(c4ccccc4)C3=O)cc2OC)cc1. The van der Waals surface area contributed by atoms with Crippen molar-refractivity contribution < 1.29 is 23.8 Å². The first-order valence-electron chi connectivity index (χ1n) is 12.0. The molecule has 186 valence electrons. The third-order valence-corrected chi connectivity index (χ3v) is 6.08. The number of ether oxygens (including phenoxy) is 3. The molecule has 4 rings (SSSR count). The lowest BCUT2D eigenvalue weighted by atomic mass is 9.99. The van der Waals surface area contributed by atoms with Crippen LogP contribution in [0.4, 0.5) is 5.69 Å². The van der Waals surface area contributed by atoms with Crippen molar-refractivity contribution in [3.63, 3.8) is 0 Å². The molecule has 7 heteroatoms. The summed E-state index contributed by atoms with van der Waals surface area (Å²) >= 11 is 0. The number of rotatable bonds is 10. The van der Waals surface area contributed by atoms with Crippen LogP contribution in [0.15, 0.2) is 78.4 Å². The molecule has 1 aliphatic rings. The number of methoxy groups -OCH3 is 1. The fraction of sp³-hybridized carbons (Fsp3) is 0.241. The van der Waals surface area contributed by atoms with Gasteiger partial charge < -0.3 is 14.2 Å². The summed E-state index contributed by atoms with van der Waals surface area (Å²) in [5, 5.41) is 1.24. The Morgan fingerprint density at radius 3 is 2.33 bits per heavy atom. The molecule has 0 aromatic heterocycles. The Morgan fingerprint density at radius 1 is 0.917 bits per heavy atom. The minimum atomic E-state index is -0.461. The summed E-state index contributed by atoms with van der Waals surface area (Å²) in [5.41, 5.74) is 5.17. The van der Waals surface area contributed by atoms with Gasteiger partial charge in [0.25, 0.3) is 11.8 Å². The van der Waals surface area contributed by atoms with Crippen LogP contribution in [0, 0.1) is 0 Å². The highest BCUT2D eigenvalue weighted by Crippen LogP contribution is 2.30. The monoisotopic (exact) mass is 486 g/mol. The molecule has 7 nitrogen and oxygen atoms in total. The van der Waals surface area contributed by atoms with Crippen LogP contribution in [0.25, 0.3) is 6.08 Å². The average Bonchev–Trinajstić information content (AvgIpc) is 3.20. The van der Waals surface area contributed by atoms with E-state index in [1.165, 1.54) is 10.6 Å². The van der Waals surface area contributed by atoms with Crippen molar-refractivity contribution in [2.24, 2.45) is 0 Å². The number of hydrogen-bond donors (Lipinski definition) is 1. The van der Waals surface area contributed by atoms with E-state index in [2.05, 4.69) is 31.4 Å². The summed E-state index contributed by atoms with van der Waals surface area (Å²) in [6.45, 7) is 5.09. The summed E-state index contributed by atoms with van der Waals surface area (Å²) < 4.78 is 17.1. The van der Waals surface area contributed by atoms with E-state index in [4.69, 9.17) is 14.2 Å². The molecule has 0 aliphatic carbocycles. The number of carbonyl (C=O) groups is 2. The van der Waals surface area contributed by atoms with E-state index in [1.54, 1.807) is 55.7 Å². The van der Waals surface area contributed by atoms with Crippen LogP contribution in [0.5, 0.6) is 17.2 Å². The molecular formula is C29H30N2O5. The minimum absolute atomic E-state index is 0.0438. The molecule has 1 N–H and O–H groups in total. The molecule has 0 saturated carbocycles. The van der Waals surface area contributed by atoms with Crippen LogP contribution in [-0.4, -0.2) is 32.1 Å². The Bertz CT molecular complexity index is 1240. The lowest BCUT2D eigenvalue weighted by Crippen LogP contribution is -2.35. The second-order valence-corrected chi connectivity index (χ2v) is 8.46. The molecule has 0 spiro atoms. The van der Waals surface area contributed by atoms with Gasteiger partial charge in [0.05, 0.1) is 12.8 Å². The van der Waals surface area contributed by atoms with Crippen molar-refractivity contribution in [2.75, 3.05) is 25.3 Å². The van der Waals surface area contributed by atoms with Crippen LogP contribution in [0.2, 0.25) is 0 Å². The maximum absolute atomic E-state index is 12.8. The number of carbonyl (C=O) groups excluding carboxylic acids is 2. The van der Waals surface area contributed by atoms with Crippen molar-refractivity contribution in [1.82, 2.24) is 5.43 Å². The second kappa shape index (κ2) is 11.4. The molecule has 1 atom stereocenters. The molecule has 0 radical (unpaired) electrons. The molecule has 0 unspecified atom stereocenters. The van der Waals surface area contributed by atoms with Gasteiger partial charge in [-0.3, -0.25) is 15.0 Å². The summed E-state index contributed by atoms with van der Waals surface area (Å²) in [5.74, 6) is 1.48. The first-order chi connectivity index (χ1) is 17.5. The fourth-order valence-electron chi connectivity index (χ4n) is 3.82.